The van der Waals surface area contributed by atoms with E-state index in [-0.39, 0.29) is 12.3 Å². The van der Waals surface area contributed by atoms with Gasteiger partial charge in [0.25, 0.3) is 0 Å². The highest BCUT2D eigenvalue weighted by Gasteiger charge is 2.13. The van der Waals surface area contributed by atoms with Crippen molar-refractivity contribution >= 4 is 39.1 Å². The molecule has 0 aromatic heterocycles. The minimum absolute atomic E-state index is 0.185. The summed E-state index contributed by atoms with van der Waals surface area (Å²) in [5.41, 5.74) is 2.57. The van der Waals surface area contributed by atoms with Crippen LogP contribution in [0.2, 0.25) is 5.02 Å². The van der Waals surface area contributed by atoms with E-state index in [2.05, 4.69) is 21.2 Å². The molecular formula is C11H10BrClN2O. The highest BCUT2D eigenvalue weighted by Crippen LogP contribution is 2.35. The largest absolute Gasteiger partial charge is 0.323 e. The van der Waals surface area contributed by atoms with Crippen molar-refractivity contribution in [3.63, 3.8) is 0 Å². The van der Waals surface area contributed by atoms with E-state index in [9.17, 15) is 4.79 Å². The molecule has 84 valence electrons. The number of nitrogens with zero attached hydrogens (tertiary/aromatic N) is 1. The van der Waals surface area contributed by atoms with Crippen LogP contribution in [0.25, 0.3) is 0 Å². The molecule has 1 aromatic carbocycles. The van der Waals surface area contributed by atoms with E-state index in [1.807, 2.05) is 13.8 Å². The normalized spacial score (nSPS) is 9.69. The monoisotopic (exact) mass is 300 g/mol. The van der Waals surface area contributed by atoms with Crippen LogP contribution < -0.4 is 5.32 Å². The Kier molecular flexibility index (Phi) is 4.34. The Labute approximate surface area is 108 Å². The molecule has 0 spiro atoms. The fraction of sp³-hybridized carbons (Fsp3) is 0.273. The summed E-state index contributed by atoms with van der Waals surface area (Å²) < 4.78 is 0.754. The lowest BCUT2D eigenvalue weighted by molar-refractivity contribution is -0.115. The highest BCUT2D eigenvalue weighted by atomic mass is 79.9. The van der Waals surface area contributed by atoms with Gasteiger partial charge >= 0.3 is 0 Å². The van der Waals surface area contributed by atoms with Crippen LogP contribution in [-0.2, 0) is 4.79 Å². The van der Waals surface area contributed by atoms with Crippen molar-refractivity contribution in [1.82, 2.24) is 0 Å². The second-order valence-electron chi connectivity index (χ2n) is 3.37. The summed E-state index contributed by atoms with van der Waals surface area (Å²) in [4.78, 5) is 11.3. The van der Waals surface area contributed by atoms with Crippen LogP contribution in [0, 0.1) is 25.2 Å². The summed E-state index contributed by atoms with van der Waals surface area (Å²) in [6.07, 6.45) is -0.185. The molecule has 0 aliphatic heterocycles. The van der Waals surface area contributed by atoms with Crippen molar-refractivity contribution in [2.45, 2.75) is 20.3 Å². The molecule has 3 nitrogen and oxygen atoms in total. The number of carbonyl (C=O) groups excluding carboxylic acids is 1. The molecular weight excluding hydrogens is 291 g/mol. The van der Waals surface area contributed by atoms with E-state index >= 15 is 0 Å². The van der Waals surface area contributed by atoms with E-state index in [1.165, 1.54) is 0 Å². The number of rotatable bonds is 2. The third kappa shape index (κ3) is 2.75. The molecule has 0 saturated carbocycles. The molecule has 0 aliphatic rings. The minimum atomic E-state index is -0.367. The molecule has 0 bridgehead atoms. The lowest BCUT2D eigenvalue weighted by Gasteiger charge is -2.12. The van der Waals surface area contributed by atoms with Gasteiger partial charge in [-0.05, 0) is 47.0 Å². The van der Waals surface area contributed by atoms with Crippen LogP contribution in [0.4, 0.5) is 5.69 Å². The van der Waals surface area contributed by atoms with Crippen molar-refractivity contribution in [3.05, 3.63) is 26.7 Å². The van der Waals surface area contributed by atoms with E-state index in [0.29, 0.717) is 10.7 Å². The van der Waals surface area contributed by atoms with Crippen LogP contribution >= 0.6 is 27.5 Å². The number of hydrogen-bond acceptors (Lipinski definition) is 2. The number of halogens is 2. The highest BCUT2D eigenvalue weighted by molar-refractivity contribution is 9.10. The van der Waals surface area contributed by atoms with E-state index in [4.69, 9.17) is 16.9 Å². The maximum atomic E-state index is 11.3. The van der Waals surface area contributed by atoms with Gasteiger partial charge in [-0.25, -0.2) is 0 Å². The van der Waals surface area contributed by atoms with Gasteiger partial charge in [0.1, 0.15) is 6.42 Å². The van der Waals surface area contributed by atoms with Crippen LogP contribution in [-0.4, -0.2) is 5.91 Å². The summed E-state index contributed by atoms with van der Waals surface area (Å²) in [5, 5.41) is 11.5. The fourth-order valence-corrected chi connectivity index (χ4v) is 2.25. The molecule has 1 aromatic rings. The number of benzene rings is 1. The Morgan fingerprint density at radius 2 is 2.25 bits per heavy atom. The molecule has 0 aliphatic carbocycles. The molecule has 0 atom stereocenters. The zero-order valence-electron chi connectivity index (χ0n) is 8.90. The van der Waals surface area contributed by atoms with E-state index < -0.39 is 0 Å². The lowest BCUT2D eigenvalue weighted by atomic mass is 10.1. The summed E-state index contributed by atoms with van der Waals surface area (Å²) in [5.74, 6) is -0.367. The van der Waals surface area contributed by atoms with Crippen molar-refractivity contribution < 1.29 is 4.79 Å². The molecule has 0 radical (unpaired) electrons. The average molecular weight is 302 g/mol. The summed E-state index contributed by atoms with van der Waals surface area (Å²) >= 11 is 9.40. The molecule has 0 saturated heterocycles. The molecule has 0 heterocycles. The minimum Gasteiger partial charge on any atom is -0.323 e. The number of aryl methyl sites for hydroxylation is 1. The quantitative estimate of drug-likeness (QED) is 0.908. The molecule has 5 heteroatoms. The van der Waals surface area contributed by atoms with Gasteiger partial charge in [0.05, 0.1) is 16.8 Å². The zero-order chi connectivity index (χ0) is 12.3. The Balaban J connectivity index is 3.11. The van der Waals surface area contributed by atoms with Gasteiger partial charge in [0.2, 0.25) is 5.91 Å². The van der Waals surface area contributed by atoms with Crippen LogP contribution in [0.1, 0.15) is 17.5 Å². The van der Waals surface area contributed by atoms with Gasteiger partial charge in [-0.3, -0.25) is 4.79 Å². The van der Waals surface area contributed by atoms with Crippen molar-refractivity contribution in [2.75, 3.05) is 5.32 Å². The van der Waals surface area contributed by atoms with Crippen molar-refractivity contribution in [1.29, 1.82) is 5.26 Å². The fourth-order valence-electron chi connectivity index (χ4n) is 1.21. The average Bonchev–Trinajstić information content (AvgIpc) is 2.22. The maximum absolute atomic E-state index is 11.3. The first-order chi connectivity index (χ1) is 7.47. The second kappa shape index (κ2) is 5.33. The predicted molar refractivity (Wildman–Crippen MR) is 67.5 cm³/mol. The second-order valence-corrected chi connectivity index (χ2v) is 4.57. The summed E-state index contributed by atoms with van der Waals surface area (Å²) in [7, 11) is 0. The Bertz CT molecular complexity index is 480. The van der Waals surface area contributed by atoms with Crippen LogP contribution in [0.15, 0.2) is 10.5 Å². The molecule has 1 N–H and O–H groups in total. The summed E-state index contributed by atoms with van der Waals surface area (Å²) in [6, 6.07) is 3.56. The first kappa shape index (κ1) is 13.0. The van der Waals surface area contributed by atoms with E-state index in [0.717, 1.165) is 15.6 Å². The first-order valence-electron chi connectivity index (χ1n) is 4.59. The first-order valence-corrected chi connectivity index (χ1v) is 5.76. The van der Waals surface area contributed by atoms with Crippen molar-refractivity contribution in [2.24, 2.45) is 0 Å². The van der Waals surface area contributed by atoms with Crippen LogP contribution in [0.5, 0.6) is 0 Å². The van der Waals surface area contributed by atoms with Crippen LogP contribution in [0.3, 0.4) is 0 Å². The Morgan fingerprint density at radius 1 is 1.62 bits per heavy atom. The van der Waals surface area contributed by atoms with Gasteiger partial charge in [-0.2, -0.15) is 5.26 Å². The van der Waals surface area contributed by atoms with Gasteiger partial charge < -0.3 is 5.32 Å². The molecule has 1 rings (SSSR count). The number of nitriles is 1. The Hall–Kier alpha value is -1.05. The number of hydrogen-bond donors (Lipinski definition) is 1. The molecule has 1 amide bonds. The topological polar surface area (TPSA) is 52.9 Å². The number of amides is 1. The number of nitrogens with one attached hydrogen (secondary N) is 1. The van der Waals surface area contributed by atoms with Gasteiger partial charge in [-0.1, -0.05) is 11.6 Å². The standard InChI is InChI=1S/C11H10BrClN2O/c1-6-5-8(13)11(10(12)7(6)2)15-9(16)3-4-14/h5H,3H2,1-2H3,(H,15,16). The lowest BCUT2D eigenvalue weighted by Crippen LogP contribution is -2.11. The molecule has 0 fully saturated rings. The number of carbonyl (C=O) groups is 1. The predicted octanol–water partition coefficient (Wildman–Crippen LogP) is 3.57. The van der Waals surface area contributed by atoms with Gasteiger partial charge in [-0.15, -0.1) is 0 Å². The molecule has 16 heavy (non-hydrogen) atoms. The Morgan fingerprint density at radius 3 is 2.81 bits per heavy atom. The summed E-state index contributed by atoms with van der Waals surface area (Å²) in [6.45, 7) is 3.86. The number of anilines is 1. The molecule has 0 unspecified atom stereocenters. The van der Waals surface area contributed by atoms with Gasteiger partial charge in [0.15, 0.2) is 0 Å². The SMILES string of the molecule is Cc1cc(Cl)c(NC(=O)CC#N)c(Br)c1C. The van der Waals surface area contributed by atoms with Gasteiger partial charge in [0, 0.05) is 4.47 Å². The van der Waals surface area contributed by atoms with Crippen molar-refractivity contribution in [3.8, 4) is 6.07 Å². The smallest absolute Gasteiger partial charge is 0.238 e. The maximum Gasteiger partial charge on any atom is 0.238 e. The van der Waals surface area contributed by atoms with E-state index in [1.54, 1.807) is 12.1 Å². The zero-order valence-corrected chi connectivity index (χ0v) is 11.2. The third-order valence-corrected chi connectivity index (χ3v) is 3.52. The third-order valence-electron chi connectivity index (χ3n) is 2.23.